The molecule has 7 heteroatoms. The van der Waals surface area contributed by atoms with E-state index < -0.39 is 11.7 Å². The number of halogens is 2. The van der Waals surface area contributed by atoms with E-state index in [4.69, 9.17) is 4.74 Å². The van der Waals surface area contributed by atoms with Crippen molar-refractivity contribution < 1.29 is 18.7 Å². The van der Waals surface area contributed by atoms with Gasteiger partial charge in [0, 0.05) is 27.7 Å². The molecule has 5 nitrogen and oxygen atoms in total. The molecule has 0 spiro atoms. The Morgan fingerprint density at radius 3 is 2.57 bits per heavy atom. The number of carbonyl (C=O) groups is 2. The molecule has 0 aliphatic rings. The average molecular weight is 361 g/mol. The van der Waals surface area contributed by atoms with Gasteiger partial charge in [0.15, 0.2) is 0 Å². The number of rotatable bonds is 6. The summed E-state index contributed by atoms with van der Waals surface area (Å²) in [4.78, 5) is 26.9. The maximum atomic E-state index is 14.0. The summed E-state index contributed by atoms with van der Waals surface area (Å²) in [5.74, 6) is -1.42. The molecule has 0 unspecified atom stereocenters. The van der Waals surface area contributed by atoms with Crippen LogP contribution in [0.5, 0.6) is 0 Å². The molecule has 2 amide bonds. The average Bonchev–Trinajstić information content (AvgIpc) is 2.45. The number of amides is 2. The molecule has 0 aromatic heterocycles. The monoisotopic (exact) mass is 360 g/mol. The highest BCUT2D eigenvalue weighted by molar-refractivity contribution is 9.10. The zero-order valence-electron chi connectivity index (χ0n) is 12.2. The second kappa shape index (κ2) is 8.09. The molecule has 0 heterocycles. The molecular weight excluding hydrogens is 343 g/mol. The number of ether oxygens (including phenoxy) is 1. The molecule has 0 aliphatic heterocycles. The minimum atomic E-state index is -0.637. The number of methoxy groups -OCH3 is 1. The summed E-state index contributed by atoms with van der Waals surface area (Å²) in [6.45, 7) is 0.351. The van der Waals surface area contributed by atoms with Crippen LogP contribution in [0.3, 0.4) is 0 Å². The van der Waals surface area contributed by atoms with Gasteiger partial charge in [-0.1, -0.05) is 6.07 Å². The Hall–Kier alpha value is -1.47. The first-order chi connectivity index (χ1) is 9.88. The topological polar surface area (TPSA) is 49.9 Å². The zero-order chi connectivity index (χ0) is 16.0. The molecule has 0 bridgehead atoms. The molecule has 0 saturated heterocycles. The summed E-state index contributed by atoms with van der Waals surface area (Å²) < 4.78 is 19.1. The quantitative estimate of drug-likeness (QED) is 0.776. The zero-order valence-corrected chi connectivity index (χ0v) is 13.8. The van der Waals surface area contributed by atoms with Crippen LogP contribution < -0.4 is 0 Å². The Labute approximate surface area is 131 Å². The summed E-state index contributed by atoms with van der Waals surface area (Å²) in [6.07, 6.45) is 0. The van der Waals surface area contributed by atoms with Crippen molar-refractivity contribution in [2.45, 2.75) is 0 Å². The summed E-state index contributed by atoms with van der Waals surface area (Å²) >= 11 is 3.04. The van der Waals surface area contributed by atoms with E-state index in [1.165, 1.54) is 29.0 Å². The van der Waals surface area contributed by atoms with Crippen LogP contribution in [-0.2, 0) is 9.53 Å². The molecule has 21 heavy (non-hydrogen) atoms. The molecule has 1 rings (SSSR count). The van der Waals surface area contributed by atoms with Crippen LogP contribution in [0.2, 0.25) is 0 Å². The second-order valence-corrected chi connectivity index (χ2v) is 5.46. The molecule has 0 N–H and O–H groups in total. The van der Waals surface area contributed by atoms with E-state index in [1.54, 1.807) is 20.2 Å². The van der Waals surface area contributed by atoms with Crippen molar-refractivity contribution in [2.24, 2.45) is 0 Å². The van der Waals surface area contributed by atoms with E-state index in [-0.39, 0.29) is 35.6 Å². The van der Waals surface area contributed by atoms with Gasteiger partial charge in [-0.3, -0.25) is 9.59 Å². The summed E-state index contributed by atoms with van der Waals surface area (Å²) in [5, 5.41) is 0. The van der Waals surface area contributed by atoms with Gasteiger partial charge in [0.2, 0.25) is 5.91 Å². The molecule has 0 saturated carbocycles. The van der Waals surface area contributed by atoms with Crippen molar-refractivity contribution in [1.82, 2.24) is 9.80 Å². The lowest BCUT2D eigenvalue weighted by molar-refractivity contribution is -0.129. The van der Waals surface area contributed by atoms with Gasteiger partial charge in [-0.05, 0) is 28.1 Å². The van der Waals surface area contributed by atoms with Gasteiger partial charge in [-0.15, -0.1) is 0 Å². The van der Waals surface area contributed by atoms with Crippen LogP contribution >= 0.6 is 15.9 Å². The number of hydrogen-bond acceptors (Lipinski definition) is 3. The van der Waals surface area contributed by atoms with Crippen molar-refractivity contribution in [3.05, 3.63) is 34.1 Å². The third kappa shape index (κ3) is 4.78. The van der Waals surface area contributed by atoms with E-state index in [0.29, 0.717) is 0 Å². The van der Waals surface area contributed by atoms with E-state index in [2.05, 4.69) is 15.9 Å². The number of hydrogen-bond donors (Lipinski definition) is 0. The molecule has 1 aromatic carbocycles. The maximum Gasteiger partial charge on any atom is 0.257 e. The summed E-state index contributed by atoms with van der Waals surface area (Å²) in [6, 6.07) is 4.47. The van der Waals surface area contributed by atoms with Gasteiger partial charge in [0.1, 0.15) is 12.4 Å². The number of benzene rings is 1. The second-order valence-electron chi connectivity index (χ2n) is 4.61. The smallest absolute Gasteiger partial charge is 0.257 e. The first-order valence-electron chi connectivity index (χ1n) is 6.30. The van der Waals surface area contributed by atoms with Crippen LogP contribution in [0.1, 0.15) is 10.4 Å². The van der Waals surface area contributed by atoms with Crippen LogP contribution in [0.15, 0.2) is 22.7 Å². The minimum Gasteiger partial charge on any atom is -0.383 e. The predicted molar refractivity (Wildman–Crippen MR) is 80.6 cm³/mol. The third-order valence-electron chi connectivity index (χ3n) is 2.86. The van der Waals surface area contributed by atoms with Crippen molar-refractivity contribution in [3.8, 4) is 0 Å². The number of likely N-dealkylation sites (N-methyl/N-ethyl adjacent to an activating group) is 1. The third-order valence-corrected chi connectivity index (χ3v) is 3.47. The molecule has 0 aliphatic carbocycles. The lowest BCUT2D eigenvalue weighted by Crippen LogP contribution is -2.42. The van der Waals surface area contributed by atoms with Crippen LogP contribution in [-0.4, -0.2) is 62.5 Å². The highest BCUT2D eigenvalue weighted by Crippen LogP contribution is 2.20. The van der Waals surface area contributed by atoms with Crippen molar-refractivity contribution in [2.75, 3.05) is 40.9 Å². The Morgan fingerprint density at radius 2 is 2.00 bits per heavy atom. The molecule has 1 aromatic rings. The Kier molecular flexibility index (Phi) is 6.77. The van der Waals surface area contributed by atoms with E-state index >= 15 is 0 Å². The fourth-order valence-corrected chi connectivity index (χ4v) is 1.96. The normalized spacial score (nSPS) is 10.3. The first kappa shape index (κ1) is 17.6. The number of carbonyl (C=O) groups excluding carboxylic acids is 2. The van der Waals surface area contributed by atoms with Crippen molar-refractivity contribution >= 4 is 27.7 Å². The van der Waals surface area contributed by atoms with E-state index in [1.807, 2.05) is 0 Å². The van der Waals surface area contributed by atoms with Gasteiger partial charge in [0.25, 0.3) is 5.91 Å². The largest absolute Gasteiger partial charge is 0.383 e. The maximum absolute atomic E-state index is 14.0. The minimum absolute atomic E-state index is 0.0768. The fourth-order valence-electron chi connectivity index (χ4n) is 1.60. The Morgan fingerprint density at radius 1 is 1.33 bits per heavy atom. The molecule has 116 valence electrons. The highest BCUT2D eigenvalue weighted by Gasteiger charge is 2.23. The van der Waals surface area contributed by atoms with Crippen molar-refractivity contribution in [1.29, 1.82) is 0 Å². The van der Waals surface area contributed by atoms with Gasteiger partial charge in [-0.2, -0.15) is 0 Å². The summed E-state index contributed by atoms with van der Waals surface area (Å²) in [5.41, 5.74) is -0.0768. The van der Waals surface area contributed by atoms with Gasteiger partial charge in [0.05, 0.1) is 16.6 Å². The SMILES string of the molecule is COCCN(CC(=O)N(C)C)C(=O)c1cccc(Br)c1F. The lowest BCUT2D eigenvalue weighted by Gasteiger charge is -2.24. The van der Waals surface area contributed by atoms with Crippen molar-refractivity contribution in [3.63, 3.8) is 0 Å². The predicted octanol–water partition coefficient (Wildman–Crippen LogP) is 1.76. The van der Waals surface area contributed by atoms with Crippen LogP contribution in [0, 0.1) is 5.82 Å². The summed E-state index contributed by atoms with van der Waals surface area (Å²) in [7, 11) is 4.69. The van der Waals surface area contributed by atoms with Crippen LogP contribution in [0.25, 0.3) is 0 Å². The first-order valence-corrected chi connectivity index (χ1v) is 7.10. The van der Waals surface area contributed by atoms with Gasteiger partial charge in [-0.25, -0.2) is 4.39 Å². The van der Waals surface area contributed by atoms with E-state index in [9.17, 15) is 14.0 Å². The molecular formula is C14H18BrFN2O3. The Balaban J connectivity index is 2.98. The molecule has 0 fully saturated rings. The highest BCUT2D eigenvalue weighted by atomic mass is 79.9. The Bertz CT molecular complexity index is 523. The lowest BCUT2D eigenvalue weighted by atomic mass is 10.2. The van der Waals surface area contributed by atoms with Gasteiger partial charge < -0.3 is 14.5 Å². The standard InChI is InChI=1S/C14H18BrFN2O3/c1-17(2)12(19)9-18(7-8-21-3)14(20)10-5-4-6-11(15)13(10)16/h4-6H,7-9H2,1-3H3. The fraction of sp³-hybridized carbons (Fsp3) is 0.429. The number of nitrogens with zero attached hydrogens (tertiary/aromatic N) is 2. The van der Waals surface area contributed by atoms with Crippen LogP contribution in [0.4, 0.5) is 4.39 Å². The molecule has 0 radical (unpaired) electrons. The molecule has 0 atom stereocenters. The van der Waals surface area contributed by atoms with Gasteiger partial charge >= 0.3 is 0 Å². The van der Waals surface area contributed by atoms with E-state index in [0.717, 1.165) is 0 Å².